The van der Waals surface area contributed by atoms with Gasteiger partial charge in [-0.3, -0.25) is 0 Å². The fourth-order valence-electron chi connectivity index (χ4n) is 2.57. The standard InChI is InChI=1S/C18H24N2/c1-13-6-5-7-17(10-13)20(4)18-9-8-16(11-14(18)2)12-15(3)19/h5-11,15H,12,19H2,1-4H3. The second-order valence-electron chi connectivity index (χ2n) is 5.70. The van der Waals surface area contributed by atoms with Crippen molar-refractivity contribution in [3.05, 3.63) is 59.2 Å². The minimum atomic E-state index is 0.203. The maximum absolute atomic E-state index is 5.87. The summed E-state index contributed by atoms with van der Waals surface area (Å²) in [6, 6.07) is 15.4. The molecular formula is C18H24N2. The molecule has 0 radical (unpaired) electrons. The topological polar surface area (TPSA) is 29.3 Å². The molecule has 2 aromatic carbocycles. The molecule has 1 unspecified atom stereocenters. The molecule has 0 aliphatic rings. The molecule has 0 spiro atoms. The zero-order chi connectivity index (χ0) is 14.7. The second-order valence-corrected chi connectivity index (χ2v) is 5.70. The maximum Gasteiger partial charge on any atom is 0.0437 e. The summed E-state index contributed by atoms with van der Waals surface area (Å²) >= 11 is 0. The molecule has 0 aliphatic heterocycles. The van der Waals surface area contributed by atoms with E-state index in [1.807, 2.05) is 6.92 Å². The van der Waals surface area contributed by atoms with Crippen molar-refractivity contribution in [1.29, 1.82) is 0 Å². The highest BCUT2D eigenvalue weighted by Crippen LogP contribution is 2.28. The molecule has 2 heteroatoms. The molecule has 106 valence electrons. The molecule has 1 atom stereocenters. The summed E-state index contributed by atoms with van der Waals surface area (Å²) in [5.41, 5.74) is 12.2. The van der Waals surface area contributed by atoms with Crippen molar-refractivity contribution < 1.29 is 0 Å². The quantitative estimate of drug-likeness (QED) is 0.909. The zero-order valence-corrected chi connectivity index (χ0v) is 12.9. The first kappa shape index (κ1) is 14.6. The first-order chi connectivity index (χ1) is 9.47. The van der Waals surface area contributed by atoms with Gasteiger partial charge in [-0.2, -0.15) is 0 Å². The van der Waals surface area contributed by atoms with Gasteiger partial charge in [0.2, 0.25) is 0 Å². The van der Waals surface area contributed by atoms with Gasteiger partial charge in [-0.15, -0.1) is 0 Å². The Hall–Kier alpha value is -1.80. The predicted molar refractivity (Wildman–Crippen MR) is 87.8 cm³/mol. The number of hydrogen-bond donors (Lipinski definition) is 1. The van der Waals surface area contributed by atoms with Gasteiger partial charge in [0.25, 0.3) is 0 Å². The molecule has 0 saturated carbocycles. The first-order valence-electron chi connectivity index (χ1n) is 7.13. The molecule has 2 nitrogen and oxygen atoms in total. The number of nitrogens with zero attached hydrogens (tertiary/aromatic N) is 1. The van der Waals surface area contributed by atoms with E-state index in [9.17, 15) is 0 Å². The van der Waals surface area contributed by atoms with Crippen LogP contribution in [0.4, 0.5) is 11.4 Å². The van der Waals surface area contributed by atoms with Gasteiger partial charge in [0.1, 0.15) is 0 Å². The third-order valence-electron chi connectivity index (χ3n) is 3.57. The predicted octanol–water partition coefficient (Wildman–Crippen LogP) is 3.96. The van der Waals surface area contributed by atoms with Crippen molar-refractivity contribution in [1.82, 2.24) is 0 Å². The van der Waals surface area contributed by atoms with Crippen LogP contribution in [0.3, 0.4) is 0 Å². The van der Waals surface area contributed by atoms with Crippen LogP contribution in [0.15, 0.2) is 42.5 Å². The SMILES string of the molecule is Cc1cccc(N(C)c2ccc(CC(C)N)cc2C)c1. The highest BCUT2D eigenvalue weighted by molar-refractivity contribution is 5.66. The van der Waals surface area contributed by atoms with Crippen LogP contribution < -0.4 is 10.6 Å². The summed E-state index contributed by atoms with van der Waals surface area (Å²) in [5, 5.41) is 0. The van der Waals surface area contributed by atoms with Crippen LogP contribution in [0.1, 0.15) is 23.6 Å². The van der Waals surface area contributed by atoms with Crippen molar-refractivity contribution in [2.45, 2.75) is 33.2 Å². The summed E-state index contributed by atoms with van der Waals surface area (Å²) in [4.78, 5) is 2.23. The number of benzene rings is 2. The van der Waals surface area contributed by atoms with E-state index in [0.717, 1.165) is 6.42 Å². The highest BCUT2D eigenvalue weighted by atomic mass is 15.1. The summed E-state index contributed by atoms with van der Waals surface area (Å²) in [7, 11) is 2.11. The highest BCUT2D eigenvalue weighted by Gasteiger charge is 2.08. The molecule has 0 fully saturated rings. The van der Waals surface area contributed by atoms with E-state index < -0.39 is 0 Å². The smallest absolute Gasteiger partial charge is 0.0437 e. The van der Waals surface area contributed by atoms with E-state index in [4.69, 9.17) is 5.73 Å². The van der Waals surface area contributed by atoms with Gasteiger partial charge in [-0.1, -0.05) is 24.3 Å². The third kappa shape index (κ3) is 3.40. The Morgan fingerprint density at radius 2 is 1.85 bits per heavy atom. The van der Waals surface area contributed by atoms with Gasteiger partial charge in [-0.25, -0.2) is 0 Å². The Morgan fingerprint density at radius 1 is 1.10 bits per heavy atom. The van der Waals surface area contributed by atoms with Crippen molar-refractivity contribution in [2.75, 3.05) is 11.9 Å². The van der Waals surface area contributed by atoms with Crippen LogP contribution in [0.2, 0.25) is 0 Å². The number of nitrogens with two attached hydrogens (primary N) is 1. The van der Waals surface area contributed by atoms with Crippen molar-refractivity contribution in [3.8, 4) is 0 Å². The summed E-state index contributed by atoms with van der Waals surface area (Å²) in [5.74, 6) is 0. The van der Waals surface area contributed by atoms with Gasteiger partial charge < -0.3 is 10.6 Å². The fourth-order valence-corrected chi connectivity index (χ4v) is 2.57. The molecular weight excluding hydrogens is 244 g/mol. The largest absolute Gasteiger partial charge is 0.344 e. The molecule has 0 saturated heterocycles. The fraction of sp³-hybridized carbons (Fsp3) is 0.333. The summed E-state index contributed by atoms with van der Waals surface area (Å²) in [6.07, 6.45) is 0.926. The number of rotatable bonds is 4. The number of hydrogen-bond acceptors (Lipinski definition) is 2. The lowest BCUT2D eigenvalue weighted by atomic mass is 10.0. The molecule has 2 aromatic rings. The Bertz CT molecular complexity index is 588. The van der Waals surface area contributed by atoms with E-state index >= 15 is 0 Å². The molecule has 0 amide bonds. The van der Waals surface area contributed by atoms with Crippen LogP contribution in [-0.4, -0.2) is 13.1 Å². The minimum Gasteiger partial charge on any atom is -0.344 e. The third-order valence-corrected chi connectivity index (χ3v) is 3.57. The van der Waals surface area contributed by atoms with Crippen molar-refractivity contribution in [3.63, 3.8) is 0 Å². The van der Waals surface area contributed by atoms with Gasteiger partial charge in [0.15, 0.2) is 0 Å². The average Bonchev–Trinajstić information content (AvgIpc) is 2.37. The Balaban J connectivity index is 2.28. The van der Waals surface area contributed by atoms with Crippen LogP contribution in [0.25, 0.3) is 0 Å². The Labute approximate surface area is 122 Å². The molecule has 2 rings (SSSR count). The zero-order valence-electron chi connectivity index (χ0n) is 12.9. The van der Waals surface area contributed by atoms with E-state index in [2.05, 4.69) is 68.3 Å². The van der Waals surface area contributed by atoms with Crippen LogP contribution in [-0.2, 0) is 6.42 Å². The number of aryl methyl sites for hydroxylation is 2. The molecule has 0 aromatic heterocycles. The van der Waals surface area contributed by atoms with Crippen molar-refractivity contribution >= 4 is 11.4 Å². The van der Waals surface area contributed by atoms with E-state index in [1.54, 1.807) is 0 Å². The van der Waals surface area contributed by atoms with Gasteiger partial charge in [0, 0.05) is 24.5 Å². The van der Waals surface area contributed by atoms with Gasteiger partial charge >= 0.3 is 0 Å². The summed E-state index contributed by atoms with van der Waals surface area (Å²) in [6.45, 7) is 6.32. The van der Waals surface area contributed by atoms with Crippen LogP contribution >= 0.6 is 0 Å². The van der Waals surface area contributed by atoms with Crippen LogP contribution in [0, 0.1) is 13.8 Å². The lowest BCUT2D eigenvalue weighted by molar-refractivity contribution is 0.737. The Kier molecular flexibility index (Phi) is 4.46. The maximum atomic E-state index is 5.87. The van der Waals surface area contributed by atoms with Gasteiger partial charge in [0.05, 0.1) is 0 Å². The molecule has 20 heavy (non-hydrogen) atoms. The lowest BCUT2D eigenvalue weighted by Gasteiger charge is -2.23. The molecule has 2 N–H and O–H groups in total. The lowest BCUT2D eigenvalue weighted by Crippen LogP contribution is -2.18. The van der Waals surface area contributed by atoms with Crippen molar-refractivity contribution in [2.24, 2.45) is 5.73 Å². The average molecular weight is 268 g/mol. The molecule has 0 heterocycles. The monoisotopic (exact) mass is 268 g/mol. The van der Waals surface area contributed by atoms with E-state index in [0.29, 0.717) is 0 Å². The van der Waals surface area contributed by atoms with E-state index in [1.165, 1.54) is 28.1 Å². The summed E-state index contributed by atoms with van der Waals surface area (Å²) < 4.78 is 0. The first-order valence-corrected chi connectivity index (χ1v) is 7.13. The normalized spacial score (nSPS) is 12.2. The van der Waals surface area contributed by atoms with E-state index in [-0.39, 0.29) is 6.04 Å². The second kappa shape index (κ2) is 6.10. The van der Waals surface area contributed by atoms with Gasteiger partial charge in [-0.05, 0) is 62.1 Å². The molecule has 0 bridgehead atoms. The number of anilines is 2. The molecule has 0 aliphatic carbocycles. The minimum absolute atomic E-state index is 0.203. The Morgan fingerprint density at radius 3 is 2.45 bits per heavy atom. The van der Waals surface area contributed by atoms with Crippen LogP contribution in [0.5, 0.6) is 0 Å².